The van der Waals surface area contributed by atoms with E-state index in [4.69, 9.17) is 0 Å². The minimum absolute atomic E-state index is 0.204. The highest BCUT2D eigenvalue weighted by Gasteiger charge is 2.65. The Morgan fingerprint density at radius 3 is 2.46 bits per heavy atom. The van der Waals surface area contributed by atoms with Crippen LogP contribution in [0.4, 0.5) is 30.8 Å². The van der Waals surface area contributed by atoms with Crippen LogP contribution in [0.25, 0.3) is 0 Å². The molecule has 2 rings (SSSR count). The molecule has 2 aromatic rings. The van der Waals surface area contributed by atoms with Gasteiger partial charge in [0.1, 0.15) is 4.90 Å². The lowest BCUT2D eigenvalue weighted by molar-refractivity contribution is 0.364. The van der Waals surface area contributed by atoms with Gasteiger partial charge in [0.25, 0.3) is 0 Å². The maximum atomic E-state index is 13.1. The summed E-state index contributed by atoms with van der Waals surface area (Å²) >= 11 is 1.50. The monoisotopic (exact) mass is 411 g/mol. The van der Waals surface area contributed by atoms with Gasteiger partial charge in [-0.05, 0) is 43.0 Å². The molecule has 144 valence electrons. The van der Waals surface area contributed by atoms with Crippen LogP contribution in [-0.2, 0) is 0 Å². The van der Waals surface area contributed by atoms with E-state index in [-0.39, 0.29) is 11.4 Å². The topological polar surface area (TPSA) is 37.3 Å². The van der Waals surface area contributed by atoms with Gasteiger partial charge < -0.3 is 5.32 Å². The predicted octanol–water partition coefficient (Wildman–Crippen LogP) is 7.03. The van der Waals surface area contributed by atoms with Crippen LogP contribution in [0.2, 0.25) is 0 Å². The number of hydrogen-bond donors (Lipinski definition) is 1. The summed E-state index contributed by atoms with van der Waals surface area (Å²) < 4.78 is 65.5. The van der Waals surface area contributed by atoms with Crippen LogP contribution in [0.15, 0.2) is 51.3 Å². The van der Waals surface area contributed by atoms with Crippen LogP contribution in [0.1, 0.15) is 19.5 Å². The normalized spacial score (nSPS) is 15.3. The number of aliphatic imine (C=N–C) groups is 1. The molecule has 0 saturated heterocycles. The summed E-state index contributed by atoms with van der Waals surface area (Å²) in [4.78, 5) is 7.19. The van der Waals surface area contributed by atoms with Crippen molar-refractivity contribution in [2.45, 2.75) is 23.6 Å². The third kappa shape index (κ3) is 4.88. The third-order valence-electron chi connectivity index (χ3n) is 3.39. The van der Waals surface area contributed by atoms with Crippen molar-refractivity contribution in [2.24, 2.45) is 4.99 Å². The molecule has 0 fully saturated rings. The Balaban J connectivity index is 2.60. The number of hydrogen-bond acceptors (Lipinski definition) is 4. The number of thioether (sulfide) groups is 1. The summed E-state index contributed by atoms with van der Waals surface area (Å²) in [6, 6.07) is 5.23. The Hall–Kier alpha value is -1.81. The molecule has 0 unspecified atom stereocenters. The highest BCUT2D eigenvalue weighted by molar-refractivity contribution is 8.45. The Morgan fingerprint density at radius 2 is 1.88 bits per heavy atom. The minimum atomic E-state index is -9.79. The molecule has 0 bridgehead atoms. The number of halogens is 5. The zero-order valence-electron chi connectivity index (χ0n) is 14.3. The Morgan fingerprint density at radius 1 is 1.19 bits per heavy atom. The van der Waals surface area contributed by atoms with Crippen LogP contribution in [0, 0.1) is 0 Å². The van der Waals surface area contributed by atoms with Crippen LogP contribution >= 0.6 is 22.0 Å². The van der Waals surface area contributed by atoms with Crippen LogP contribution in [0.5, 0.6) is 0 Å². The van der Waals surface area contributed by atoms with Crippen LogP contribution in [0.3, 0.4) is 0 Å². The molecule has 0 atom stereocenters. The zero-order valence-corrected chi connectivity index (χ0v) is 15.9. The fraction of sp³-hybridized carbons (Fsp3) is 0.250. The first-order chi connectivity index (χ1) is 11.9. The minimum Gasteiger partial charge on any atom is -0.386 e. The summed E-state index contributed by atoms with van der Waals surface area (Å²) in [5.41, 5.74) is 0.806. The molecular weight excluding hydrogens is 393 g/mol. The molecule has 0 amide bonds. The van der Waals surface area contributed by atoms with Gasteiger partial charge in [-0.2, -0.15) is 0 Å². The maximum Gasteiger partial charge on any atom is 0.310 e. The molecule has 0 spiro atoms. The molecule has 1 heterocycles. The van der Waals surface area contributed by atoms with E-state index in [1.807, 2.05) is 13.0 Å². The van der Waals surface area contributed by atoms with Gasteiger partial charge in [0.05, 0.1) is 22.8 Å². The highest BCUT2D eigenvalue weighted by Crippen LogP contribution is 3.02. The average molecular weight is 411 g/mol. The van der Waals surface area contributed by atoms with Gasteiger partial charge in [-0.15, -0.1) is 11.8 Å². The van der Waals surface area contributed by atoms with Gasteiger partial charge in [-0.3, -0.25) is 4.98 Å². The lowest BCUT2D eigenvalue weighted by Crippen LogP contribution is -2.06. The molecule has 0 aliphatic carbocycles. The number of aromatic nitrogens is 1. The van der Waals surface area contributed by atoms with Crippen LogP contribution in [-0.4, -0.2) is 23.5 Å². The predicted molar refractivity (Wildman–Crippen MR) is 99.9 cm³/mol. The molecule has 1 aromatic carbocycles. The van der Waals surface area contributed by atoms with E-state index in [9.17, 15) is 19.4 Å². The van der Waals surface area contributed by atoms with Crippen molar-refractivity contribution < 1.29 is 19.4 Å². The van der Waals surface area contributed by atoms with Gasteiger partial charge in [0.15, 0.2) is 0 Å². The quantitative estimate of drug-likeness (QED) is 0.315. The zero-order chi connectivity index (χ0) is 19.7. The molecular formula is C16H18F5N3S2. The third-order valence-corrected chi connectivity index (χ3v) is 5.46. The number of nitrogens with one attached hydrogen (secondary N) is 1. The SMILES string of the molecule is CCSc1cccnc1C(C)=Nc1cc(S(F)(F)(F)(F)F)ccc1NC. The molecule has 3 nitrogen and oxygen atoms in total. The second-order valence-electron chi connectivity index (χ2n) is 5.38. The summed E-state index contributed by atoms with van der Waals surface area (Å²) in [5, 5.41) is 2.66. The van der Waals surface area contributed by atoms with Gasteiger partial charge in [-0.25, -0.2) is 4.99 Å². The molecule has 0 saturated carbocycles. The van der Waals surface area contributed by atoms with Crippen molar-refractivity contribution >= 4 is 39.1 Å². The first-order valence-electron chi connectivity index (χ1n) is 7.55. The largest absolute Gasteiger partial charge is 0.386 e. The average Bonchev–Trinajstić information content (AvgIpc) is 2.53. The number of nitrogens with zero attached hydrogens (tertiary/aromatic N) is 2. The standard InChI is InChI=1S/C16H18F5N3S2/c1-4-25-15-6-5-9-23-16(15)11(2)24-14-10-12(7-8-13(14)22-3)26(17,18,19,20)21/h5-10,22H,4H2,1-3H3. The molecule has 0 aliphatic rings. The Bertz CT molecular complexity index is 851. The summed E-state index contributed by atoms with van der Waals surface area (Å²) in [5.74, 6) is 0.771. The smallest absolute Gasteiger partial charge is 0.310 e. The van der Waals surface area contributed by atoms with Crippen molar-refractivity contribution in [3.8, 4) is 0 Å². The fourth-order valence-electron chi connectivity index (χ4n) is 2.22. The number of benzene rings is 1. The van der Waals surface area contributed by atoms with E-state index in [1.165, 1.54) is 25.0 Å². The van der Waals surface area contributed by atoms with E-state index >= 15 is 0 Å². The van der Waals surface area contributed by atoms with E-state index < -0.39 is 15.1 Å². The van der Waals surface area contributed by atoms with Crippen molar-refractivity contribution in [1.29, 1.82) is 0 Å². The van der Waals surface area contributed by atoms with Gasteiger partial charge in [0, 0.05) is 18.1 Å². The van der Waals surface area contributed by atoms with E-state index in [1.54, 1.807) is 13.0 Å². The van der Waals surface area contributed by atoms with Gasteiger partial charge >= 0.3 is 10.2 Å². The van der Waals surface area contributed by atoms with Crippen LogP contribution < -0.4 is 5.32 Å². The van der Waals surface area contributed by atoms with Crippen molar-refractivity contribution in [3.05, 3.63) is 42.2 Å². The Labute approximate surface area is 152 Å². The number of anilines is 1. The summed E-state index contributed by atoms with van der Waals surface area (Å²) in [6.07, 6.45) is 1.54. The van der Waals surface area contributed by atoms with E-state index in [0.717, 1.165) is 16.7 Å². The first-order valence-corrected chi connectivity index (χ1v) is 10.5. The molecule has 10 heteroatoms. The summed E-state index contributed by atoms with van der Waals surface area (Å²) in [7, 11) is -8.31. The van der Waals surface area contributed by atoms with Crippen molar-refractivity contribution in [1.82, 2.24) is 4.98 Å². The second-order valence-corrected chi connectivity index (χ2v) is 9.09. The number of pyridine rings is 1. The lowest BCUT2D eigenvalue weighted by Gasteiger charge is -2.40. The molecule has 1 N–H and O–H groups in total. The first kappa shape index (κ1) is 20.5. The molecule has 1 aromatic heterocycles. The summed E-state index contributed by atoms with van der Waals surface area (Å²) in [6.45, 7) is 3.53. The van der Waals surface area contributed by atoms with Crippen molar-refractivity contribution in [3.63, 3.8) is 0 Å². The van der Waals surface area contributed by atoms with E-state index in [0.29, 0.717) is 23.5 Å². The maximum absolute atomic E-state index is 13.1. The highest BCUT2D eigenvalue weighted by atomic mass is 32.5. The van der Waals surface area contributed by atoms with Crippen molar-refractivity contribution in [2.75, 3.05) is 18.1 Å². The Kier molecular flexibility index (Phi) is 5.06. The van der Waals surface area contributed by atoms with Gasteiger partial charge in [-0.1, -0.05) is 26.4 Å². The fourth-order valence-corrected chi connectivity index (χ4v) is 3.71. The van der Waals surface area contributed by atoms with Gasteiger partial charge in [0.2, 0.25) is 0 Å². The molecule has 0 aliphatic heterocycles. The lowest BCUT2D eigenvalue weighted by atomic mass is 10.2. The second kappa shape index (κ2) is 6.41. The van der Waals surface area contributed by atoms with E-state index in [2.05, 4.69) is 15.3 Å². The molecule has 26 heavy (non-hydrogen) atoms. The molecule has 0 radical (unpaired) electrons. The number of rotatable bonds is 6.